The molecule has 1 aromatic rings. The maximum absolute atomic E-state index is 5.91. The Morgan fingerprint density at radius 1 is 1.37 bits per heavy atom. The summed E-state index contributed by atoms with van der Waals surface area (Å²) in [5.41, 5.74) is 3.79. The topological polar surface area (TPSA) is 49.9 Å². The number of aromatic nitrogens is 2. The van der Waals surface area contributed by atoms with Crippen LogP contribution >= 0.6 is 0 Å². The van der Waals surface area contributed by atoms with E-state index in [9.17, 15) is 0 Å². The summed E-state index contributed by atoms with van der Waals surface area (Å²) in [4.78, 5) is 0. The smallest absolute Gasteiger partial charge is 0.0664 e. The first kappa shape index (κ1) is 14.5. The van der Waals surface area contributed by atoms with E-state index in [0.29, 0.717) is 12.0 Å². The van der Waals surface area contributed by atoms with Gasteiger partial charge in [-0.15, -0.1) is 0 Å². The lowest BCUT2D eigenvalue weighted by Gasteiger charge is -2.31. The second-order valence-electron chi connectivity index (χ2n) is 6.75. The number of nitrogens with zero attached hydrogens (tertiary/aromatic N) is 1. The minimum absolute atomic E-state index is 0.227. The first-order valence-corrected chi connectivity index (χ1v) is 7.22. The number of rotatable bonds is 4. The van der Waals surface area contributed by atoms with Gasteiger partial charge in [-0.2, -0.15) is 5.10 Å². The van der Waals surface area contributed by atoms with Crippen molar-refractivity contribution in [1.29, 1.82) is 0 Å². The number of hydrogen-bond acceptors (Lipinski definition) is 3. The molecule has 0 radical (unpaired) electrons. The van der Waals surface area contributed by atoms with Gasteiger partial charge in [0.15, 0.2) is 0 Å². The maximum atomic E-state index is 5.91. The van der Waals surface area contributed by atoms with Crippen molar-refractivity contribution in [3.63, 3.8) is 0 Å². The molecular weight excluding hydrogens is 238 g/mol. The molecule has 2 rings (SSSR count). The summed E-state index contributed by atoms with van der Waals surface area (Å²) in [6.07, 6.45) is 1.53. The average Bonchev–Trinajstić information content (AvgIpc) is 2.89. The summed E-state index contributed by atoms with van der Waals surface area (Å²) in [5.74, 6) is 0.618. The molecule has 0 amide bonds. The van der Waals surface area contributed by atoms with Crippen molar-refractivity contribution in [1.82, 2.24) is 15.5 Å². The van der Waals surface area contributed by atoms with Crippen LogP contribution in [0.5, 0.6) is 0 Å². The van der Waals surface area contributed by atoms with E-state index in [1.807, 2.05) is 0 Å². The van der Waals surface area contributed by atoms with Crippen molar-refractivity contribution in [2.45, 2.75) is 53.7 Å². The van der Waals surface area contributed by atoms with Gasteiger partial charge in [0, 0.05) is 36.9 Å². The lowest BCUT2D eigenvalue weighted by atomic mass is 9.81. The van der Waals surface area contributed by atoms with E-state index in [1.54, 1.807) is 0 Å². The van der Waals surface area contributed by atoms with E-state index in [2.05, 4.69) is 50.1 Å². The van der Waals surface area contributed by atoms with Crippen LogP contribution in [0, 0.1) is 25.2 Å². The molecule has 0 spiro atoms. The summed E-state index contributed by atoms with van der Waals surface area (Å²) < 4.78 is 5.91. The van der Waals surface area contributed by atoms with Crippen molar-refractivity contribution in [2.75, 3.05) is 13.2 Å². The Morgan fingerprint density at radius 3 is 2.68 bits per heavy atom. The molecule has 1 aromatic heterocycles. The number of nitrogens with one attached hydrogen (secondary N) is 2. The van der Waals surface area contributed by atoms with Gasteiger partial charge in [0.1, 0.15) is 0 Å². The van der Waals surface area contributed by atoms with Gasteiger partial charge in [0.2, 0.25) is 0 Å². The number of aromatic amines is 1. The molecule has 0 bridgehead atoms. The Balaban J connectivity index is 1.86. The highest BCUT2D eigenvalue weighted by molar-refractivity contribution is 5.22. The fraction of sp³-hybridized carbons (Fsp3) is 0.800. The summed E-state index contributed by atoms with van der Waals surface area (Å²) in [7, 11) is 0. The van der Waals surface area contributed by atoms with Gasteiger partial charge in [-0.05, 0) is 25.7 Å². The van der Waals surface area contributed by atoms with Gasteiger partial charge in [-0.3, -0.25) is 5.10 Å². The highest BCUT2D eigenvalue weighted by Gasteiger charge is 2.36. The van der Waals surface area contributed by atoms with Gasteiger partial charge >= 0.3 is 0 Å². The summed E-state index contributed by atoms with van der Waals surface area (Å²) in [6.45, 7) is 13.7. The highest BCUT2D eigenvalue weighted by Crippen LogP contribution is 2.34. The zero-order valence-electron chi connectivity index (χ0n) is 12.8. The van der Waals surface area contributed by atoms with Gasteiger partial charge in [0.05, 0.1) is 11.8 Å². The molecule has 19 heavy (non-hydrogen) atoms. The SMILES string of the molecule is Cc1n[nH]c(C)c1CNC[C@H]1CCO[C@@H]1C(C)(C)C. The molecule has 4 nitrogen and oxygen atoms in total. The zero-order chi connectivity index (χ0) is 14.0. The first-order chi connectivity index (χ1) is 8.89. The third-order valence-electron chi connectivity index (χ3n) is 4.06. The molecule has 2 atom stereocenters. The Labute approximate surface area is 116 Å². The minimum Gasteiger partial charge on any atom is -0.377 e. The predicted molar refractivity (Wildman–Crippen MR) is 77.1 cm³/mol. The Bertz CT molecular complexity index is 400. The molecule has 2 heterocycles. The Kier molecular flexibility index (Phi) is 4.31. The minimum atomic E-state index is 0.227. The summed E-state index contributed by atoms with van der Waals surface area (Å²) >= 11 is 0. The Hall–Kier alpha value is -0.870. The van der Waals surface area contributed by atoms with Crippen molar-refractivity contribution in [3.05, 3.63) is 17.0 Å². The van der Waals surface area contributed by atoms with Crippen LogP contribution in [0.25, 0.3) is 0 Å². The van der Waals surface area contributed by atoms with E-state index >= 15 is 0 Å². The van der Waals surface area contributed by atoms with Crippen molar-refractivity contribution < 1.29 is 4.74 Å². The van der Waals surface area contributed by atoms with Crippen LogP contribution in [0.2, 0.25) is 0 Å². The largest absolute Gasteiger partial charge is 0.377 e. The number of H-pyrrole nitrogens is 1. The van der Waals surface area contributed by atoms with E-state index in [1.165, 1.54) is 11.3 Å². The monoisotopic (exact) mass is 265 g/mol. The highest BCUT2D eigenvalue weighted by atomic mass is 16.5. The van der Waals surface area contributed by atoms with Crippen molar-refractivity contribution in [2.24, 2.45) is 11.3 Å². The van der Waals surface area contributed by atoms with Gasteiger partial charge in [-0.1, -0.05) is 20.8 Å². The van der Waals surface area contributed by atoms with E-state index in [-0.39, 0.29) is 5.41 Å². The van der Waals surface area contributed by atoms with Crippen LogP contribution in [-0.2, 0) is 11.3 Å². The van der Waals surface area contributed by atoms with Crippen LogP contribution in [-0.4, -0.2) is 29.5 Å². The number of ether oxygens (including phenoxy) is 1. The van der Waals surface area contributed by atoms with Crippen LogP contribution < -0.4 is 5.32 Å². The molecule has 2 N–H and O–H groups in total. The molecule has 1 aliphatic rings. The van der Waals surface area contributed by atoms with Gasteiger partial charge in [-0.25, -0.2) is 0 Å². The van der Waals surface area contributed by atoms with Crippen molar-refractivity contribution >= 4 is 0 Å². The summed E-state index contributed by atoms with van der Waals surface area (Å²) in [5, 5.41) is 10.8. The third-order valence-corrected chi connectivity index (χ3v) is 4.06. The van der Waals surface area contributed by atoms with Crippen LogP contribution in [0.4, 0.5) is 0 Å². The predicted octanol–water partition coefficient (Wildman–Crippen LogP) is 2.57. The molecule has 0 unspecified atom stereocenters. The maximum Gasteiger partial charge on any atom is 0.0664 e. The Morgan fingerprint density at radius 2 is 2.11 bits per heavy atom. The normalized spacial score (nSPS) is 24.1. The number of aryl methyl sites for hydroxylation is 2. The lowest BCUT2D eigenvalue weighted by Crippen LogP contribution is -2.36. The standard InChI is InChI=1S/C15H27N3O/c1-10-13(11(2)18-17-10)9-16-8-12-6-7-19-14(12)15(3,4)5/h12,14,16H,6-9H2,1-5H3,(H,17,18)/t12-,14+/m1/s1. The van der Waals surface area contributed by atoms with Gasteiger partial charge < -0.3 is 10.1 Å². The van der Waals surface area contributed by atoms with Crippen LogP contribution in [0.1, 0.15) is 44.1 Å². The van der Waals surface area contributed by atoms with E-state index in [4.69, 9.17) is 4.74 Å². The zero-order valence-corrected chi connectivity index (χ0v) is 12.8. The second-order valence-corrected chi connectivity index (χ2v) is 6.75. The molecule has 0 saturated carbocycles. The third kappa shape index (κ3) is 3.37. The first-order valence-electron chi connectivity index (χ1n) is 7.22. The molecule has 1 fully saturated rings. The second kappa shape index (κ2) is 5.63. The molecular formula is C15H27N3O. The fourth-order valence-corrected chi connectivity index (χ4v) is 3.02. The molecule has 0 aromatic carbocycles. The quantitative estimate of drug-likeness (QED) is 0.879. The lowest BCUT2D eigenvalue weighted by molar-refractivity contribution is 0.00720. The molecule has 1 saturated heterocycles. The molecule has 0 aliphatic carbocycles. The van der Waals surface area contributed by atoms with Crippen molar-refractivity contribution in [3.8, 4) is 0 Å². The number of hydrogen-bond donors (Lipinski definition) is 2. The molecule has 1 aliphatic heterocycles. The van der Waals surface area contributed by atoms with Gasteiger partial charge in [0.25, 0.3) is 0 Å². The van der Waals surface area contributed by atoms with Crippen LogP contribution in [0.15, 0.2) is 0 Å². The van der Waals surface area contributed by atoms with E-state index in [0.717, 1.165) is 31.8 Å². The molecule has 4 heteroatoms. The average molecular weight is 265 g/mol. The molecule has 108 valence electrons. The van der Waals surface area contributed by atoms with Crippen LogP contribution in [0.3, 0.4) is 0 Å². The fourth-order valence-electron chi connectivity index (χ4n) is 3.02. The van der Waals surface area contributed by atoms with E-state index < -0.39 is 0 Å². The summed E-state index contributed by atoms with van der Waals surface area (Å²) in [6, 6.07) is 0.